The summed E-state index contributed by atoms with van der Waals surface area (Å²) in [4.78, 5) is 19.3. The van der Waals surface area contributed by atoms with E-state index in [4.69, 9.17) is 4.98 Å². The monoisotopic (exact) mass is 316 g/mol. The molecule has 6 heteroatoms. The average molecular weight is 316 g/mol. The highest BCUT2D eigenvalue weighted by Crippen LogP contribution is 2.48. The number of amides is 1. The smallest absolute Gasteiger partial charge is 0.254 e. The number of nitrogens with zero attached hydrogens (tertiary/aromatic N) is 3. The molecule has 3 aliphatic carbocycles. The molecule has 1 aliphatic heterocycles. The average Bonchev–Trinajstić information content (AvgIpc) is 3.45. The van der Waals surface area contributed by atoms with Crippen LogP contribution < -0.4 is 0 Å². The van der Waals surface area contributed by atoms with Crippen LogP contribution in [0.5, 0.6) is 0 Å². The number of hydrogen-bond donors (Lipinski definition) is 2. The number of likely N-dealkylation sites (tertiary alicyclic amines) is 1. The quantitative estimate of drug-likeness (QED) is 0.883. The van der Waals surface area contributed by atoms with Crippen LogP contribution in [0.2, 0.25) is 0 Å². The van der Waals surface area contributed by atoms with Crippen LogP contribution in [-0.4, -0.2) is 49.8 Å². The van der Waals surface area contributed by atoms with E-state index in [1.165, 1.54) is 25.7 Å². The first kappa shape index (κ1) is 14.0. The lowest BCUT2D eigenvalue weighted by Gasteiger charge is -2.38. The molecule has 6 nitrogen and oxygen atoms in total. The molecule has 2 heterocycles. The zero-order valence-corrected chi connectivity index (χ0v) is 13.4. The Morgan fingerprint density at radius 1 is 1.22 bits per heavy atom. The topological polar surface area (TPSA) is 82.1 Å². The van der Waals surface area contributed by atoms with E-state index >= 15 is 0 Å². The van der Waals surface area contributed by atoms with Crippen LogP contribution in [-0.2, 0) is 4.79 Å². The molecule has 0 radical (unpaired) electrons. The third-order valence-electron chi connectivity index (χ3n) is 6.27. The number of rotatable bonds is 4. The van der Waals surface area contributed by atoms with Gasteiger partial charge in [0.2, 0.25) is 0 Å². The molecular weight excluding hydrogens is 292 g/mol. The third kappa shape index (κ3) is 2.30. The van der Waals surface area contributed by atoms with Gasteiger partial charge < -0.3 is 10.0 Å². The van der Waals surface area contributed by atoms with E-state index in [0.717, 1.165) is 24.6 Å². The van der Waals surface area contributed by atoms with Crippen molar-refractivity contribution in [1.82, 2.24) is 20.1 Å². The van der Waals surface area contributed by atoms with Crippen LogP contribution in [0, 0.1) is 11.8 Å². The minimum absolute atomic E-state index is 0.0566. The third-order valence-corrected chi connectivity index (χ3v) is 6.27. The number of nitrogens with one attached hydrogen (secondary N) is 1. The van der Waals surface area contributed by atoms with Crippen molar-refractivity contribution >= 4 is 5.91 Å². The van der Waals surface area contributed by atoms with Gasteiger partial charge in [-0.3, -0.25) is 9.89 Å². The fourth-order valence-corrected chi connectivity index (χ4v) is 4.28. The first-order chi connectivity index (χ1) is 11.1. The van der Waals surface area contributed by atoms with Gasteiger partial charge in [-0.15, -0.1) is 0 Å². The summed E-state index contributed by atoms with van der Waals surface area (Å²) in [6.07, 6.45) is 7.12. The lowest BCUT2D eigenvalue weighted by Crippen LogP contribution is -2.52. The molecule has 124 valence electrons. The van der Waals surface area contributed by atoms with Crippen molar-refractivity contribution in [1.29, 1.82) is 0 Å². The second-order valence-corrected chi connectivity index (χ2v) is 8.06. The van der Waals surface area contributed by atoms with Gasteiger partial charge >= 0.3 is 0 Å². The Kier molecular flexibility index (Phi) is 2.90. The van der Waals surface area contributed by atoms with Crippen LogP contribution in [0.15, 0.2) is 0 Å². The molecule has 0 unspecified atom stereocenters. The fraction of sp³-hybridized carbons (Fsp3) is 0.824. The Morgan fingerprint density at radius 2 is 2.00 bits per heavy atom. The van der Waals surface area contributed by atoms with Gasteiger partial charge in [-0.2, -0.15) is 5.10 Å². The fourth-order valence-electron chi connectivity index (χ4n) is 4.28. The zero-order valence-electron chi connectivity index (χ0n) is 13.4. The molecule has 4 fully saturated rings. The maximum Gasteiger partial charge on any atom is 0.254 e. The first-order valence-corrected chi connectivity index (χ1v) is 9.08. The van der Waals surface area contributed by atoms with Gasteiger partial charge in [-0.1, -0.05) is 0 Å². The van der Waals surface area contributed by atoms with Gasteiger partial charge in [-0.05, 0) is 56.8 Å². The Labute approximate surface area is 135 Å². The lowest BCUT2D eigenvalue weighted by molar-refractivity contribution is -0.159. The normalized spacial score (nSPS) is 32.8. The highest BCUT2D eigenvalue weighted by atomic mass is 16.3. The van der Waals surface area contributed by atoms with E-state index in [1.54, 1.807) is 0 Å². The van der Waals surface area contributed by atoms with Gasteiger partial charge in [0.25, 0.3) is 5.91 Å². The van der Waals surface area contributed by atoms with Gasteiger partial charge in [0.1, 0.15) is 11.4 Å². The standard InChI is InChI=1S/C17H24N4O2/c22-16(17(23)6-1-7-17)21-8-12(10-2-3-10)13(9-21)15-18-14(19-20-15)11-4-5-11/h10-13,23H,1-9H2,(H,18,19,20)/t12-,13+/m1/s1. The van der Waals surface area contributed by atoms with Gasteiger partial charge in [-0.25, -0.2) is 4.98 Å². The highest BCUT2D eigenvalue weighted by Gasteiger charge is 2.51. The minimum Gasteiger partial charge on any atom is -0.380 e. The van der Waals surface area contributed by atoms with Crippen molar-refractivity contribution in [2.24, 2.45) is 11.8 Å². The molecule has 0 bridgehead atoms. The minimum atomic E-state index is -1.08. The zero-order chi connectivity index (χ0) is 15.6. The molecule has 4 aliphatic rings. The predicted molar refractivity (Wildman–Crippen MR) is 82.7 cm³/mol. The van der Waals surface area contributed by atoms with Crippen LogP contribution >= 0.6 is 0 Å². The summed E-state index contributed by atoms with van der Waals surface area (Å²) in [6.45, 7) is 1.46. The summed E-state index contributed by atoms with van der Waals surface area (Å²) in [5.41, 5.74) is -1.08. The molecule has 2 N–H and O–H groups in total. The SMILES string of the molecule is O=C(N1C[C@H](c2nc(C3CC3)n[nH]2)[C@@H](C2CC2)C1)C1(O)CCC1. The van der Waals surface area contributed by atoms with Crippen molar-refractivity contribution in [3.05, 3.63) is 11.6 Å². The van der Waals surface area contributed by atoms with Crippen LogP contribution in [0.1, 0.15) is 68.4 Å². The molecule has 23 heavy (non-hydrogen) atoms. The predicted octanol–water partition coefficient (Wildman–Crippen LogP) is 1.55. The molecule has 2 atom stereocenters. The molecule has 1 aromatic heterocycles. The number of H-pyrrole nitrogens is 1. The molecule has 1 saturated heterocycles. The second kappa shape index (κ2) is 4.79. The number of aromatic amines is 1. The number of hydrogen-bond acceptors (Lipinski definition) is 4. The molecule has 0 spiro atoms. The van der Waals surface area contributed by atoms with Crippen molar-refractivity contribution in [3.8, 4) is 0 Å². The molecule has 3 saturated carbocycles. The summed E-state index contributed by atoms with van der Waals surface area (Å²) < 4.78 is 0. The molecular formula is C17H24N4O2. The number of carbonyl (C=O) groups excluding carboxylic acids is 1. The Hall–Kier alpha value is -1.43. The van der Waals surface area contributed by atoms with E-state index < -0.39 is 5.60 Å². The largest absolute Gasteiger partial charge is 0.380 e. The Bertz CT molecular complexity index is 630. The van der Waals surface area contributed by atoms with Crippen LogP contribution in [0.3, 0.4) is 0 Å². The Morgan fingerprint density at radius 3 is 2.61 bits per heavy atom. The van der Waals surface area contributed by atoms with Crippen molar-refractivity contribution in [3.63, 3.8) is 0 Å². The van der Waals surface area contributed by atoms with E-state index in [9.17, 15) is 9.90 Å². The number of aromatic nitrogens is 3. The van der Waals surface area contributed by atoms with Crippen LogP contribution in [0.4, 0.5) is 0 Å². The molecule has 1 amide bonds. The van der Waals surface area contributed by atoms with E-state index in [1.807, 2.05) is 4.90 Å². The molecule has 1 aromatic rings. The summed E-state index contributed by atoms with van der Waals surface area (Å²) in [6, 6.07) is 0. The first-order valence-electron chi connectivity index (χ1n) is 9.08. The van der Waals surface area contributed by atoms with E-state index in [2.05, 4.69) is 10.2 Å². The Balaban J connectivity index is 1.37. The van der Waals surface area contributed by atoms with Crippen LogP contribution in [0.25, 0.3) is 0 Å². The van der Waals surface area contributed by atoms with Gasteiger partial charge in [0.15, 0.2) is 5.82 Å². The number of carbonyl (C=O) groups is 1. The van der Waals surface area contributed by atoms with Gasteiger partial charge in [0.05, 0.1) is 0 Å². The van der Waals surface area contributed by atoms with E-state index in [-0.39, 0.29) is 11.8 Å². The maximum absolute atomic E-state index is 12.7. The summed E-state index contributed by atoms with van der Waals surface area (Å²) in [7, 11) is 0. The van der Waals surface area contributed by atoms with Crippen molar-refractivity contribution < 1.29 is 9.90 Å². The molecule has 0 aromatic carbocycles. The number of aliphatic hydroxyl groups is 1. The summed E-state index contributed by atoms with van der Waals surface area (Å²) >= 11 is 0. The van der Waals surface area contributed by atoms with E-state index in [0.29, 0.717) is 37.1 Å². The second-order valence-electron chi connectivity index (χ2n) is 8.06. The van der Waals surface area contributed by atoms with Crippen molar-refractivity contribution in [2.75, 3.05) is 13.1 Å². The summed E-state index contributed by atoms with van der Waals surface area (Å²) in [5.74, 6) is 3.85. The lowest BCUT2D eigenvalue weighted by atomic mass is 9.79. The highest BCUT2D eigenvalue weighted by molar-refractivity contribution is 5.86. The van der Waals surface area contributed by atoms with Crippen molar-refractivity contribution in [2.45, 2.75) is 62.4 Å². The maximum atomic E-state index is 12.7. The van der Waals surface area contributed by atoms with Gasteiger partial charge in [0, 0.05) is 24.9 Å². The summed E-state index contributed by atoms with van der Waals surface area (Å²) in [5, 5.41) is 17.9. The molecule has 5 rings (SSSR count).